The van der Waals surface area contributed by atoms with E-state index < -0.39 is 0 Å². The van der Waals surface area contributed by atoms with Gasteiger partial charge in [-0.15, -0.1) is 0 Å². The Morgan fingerprint density at radius 3 is 2.79 bits per heavy atom. The van der Waals surface area contributed by atoms with Gasteiger partial charge in [-0.25, -0.2) is 0 Å². The van der Waals surface area contributed by atoms with Gasteiger partial charge in [0.1, 0.15) is 6.54 Å². The van der Waals surface area contributed by atoms with Crippen molar-refractivity contribution in [1.82, 2.24) is 0 Å². The minimum atomic E-state index is -0.383. The summed E-state index contributed by atoms with van der Waals surface area (Å²) in [7, 11) is 0. The Labute approximate surface area is 111 Å². The molecule has 0 amide bonds. The molecule has 2 rings (SSSR count). The largest absolute Gasteiger partial charge is 0.270 e. The van der Waals surface area contributed by atoms with E-state index in [2.05, 4.69) is 11.5 Å². The number of aryl methyl sites for hydroxylation is 1. The molecule has 19 heavy (non-hydrogen) atoms. The number of nitro benzene ring substituents is 1. The van der Waals surface area contributed by atoms with Gasteiger partial charge in [0, 0.05) is 30.3 Å². The predicted molar refractivity (Wildman–Crippen MR) is 74.3 cm³/mol. The number of rotatable bonds is 4. The first-order valence-electron chi connectivity index (χ1n) is 6.11. The van der Waals surface area contributed by atoms with Crippen molar-refractivity contribution in [2.45, 2.75) is 13.5 Å². The van der Waals surface area contributed by atoms with Crippen LogP contribution in [0, 0.1) is 10.1 Å². The van der Waals surface area contributed by atoms with Gasteiger partial charge in [-0.2, -0.15) is 4.57 Å². The van der Waals surface area contributed by atoms with E-state index in [1.807, 2.05) is 42.6 Å². The van der Waals surface area contributed by atoms with E-state index in [4.69, 9.17) is 0 Å². The summed E-state index contributed by atoms with van der Waals surface area (Å²) in [5, 5.41) is 10.7. The average Bonchev–Trinajstić information content (AvgIpc) is 2.45. The number of pyridine rings is 1. The van der Waals surface area contributed by atoms with Crippen LogP contribution >= 0.6 is 0 Å². The lowest BCUT2D eigenvalue weighted by Gasteiger charge is -1.97. The number of hydrogen-bond donors (Lipinski definition) is 0. The molecule has 0 atom stereocenters. The normalized spacial score (nSPS) is 10.8. The fourth-order valence-corrected chi connectivity index (χ4v) is 1.85. The molecular formula is C15H15N2O2+. The fourth-order valence-electron chi connectivity index (χ4n) is 1.85. The van der Waals surface area contributed by atoms with Crippen LogP contribution in [0.5, 0.6) is 0 Å². The Morgan fingerprint density at radius 1 is 1.21 bits per heavy atom. The van der Waals surface area contributed by atoms with E-state index in [-0.39, 0.29) is 10.6 Å². The highest BCUT2D eigenvalue weighted by Gasteiger charge is 2.05. The van der Waals surface area contributed by atoms with Crippen molar-refractivity contribution in [3.05, 3.63) is 70.0 Å². The molecule has 4 nitrogen and oxygen atoms in total. The summed E-state index contributed by atoms with van der Waals surface area (Å²) in [6.45, 7) is 2.96. The van der Waals surface area contributed by atoms with E-state index in [1.54, 1.807) is 12.1 Å². The molecule has 0 N–H and O–H groups in total. The highest BCUT2D eigenvalue weighted by Crippen LogP contribution is 2.14. The topological polar surface area (TPSA) is 47.0 Å². The average molecular weight is 255 g/mol. The molecule has 0 aliphatic carbocycles. The molecule has 0 fully saturated rings. The molecule has 1 aromatic carbocycles. The van der Waals surface area contributed by atoms with Gasteiger partial charge in [-0.1, -0.05) is 12.1 Å². The van der Waals surface area contributed by atoms with Crippen molar-refractivity contribution < 1.29 is 9.49 Å². The Kier molecular flexibility index (Phi) is 4.03. The maximum Gasteiger partial charge on any atom is 0.270 e. The zero-order valence-electron chi connectivity index (χ0n) is 10.7. The molecule has 0 aliphatic rings. The molecule has 0 saturated heterocycles. The molecule has 96 valence electrons. The maximum absolute atomic E-state index is 10.7. The number of nitrogens with zero attached hydrogens (tertiary/aromatic N) is 2. The second-order valence-corrected chi connectivity index (χ2v) is 4.10. The monoisotopic (exact) mass is 255 g/mol. The summed E-state index contributed by atoms with van der Waals surface area (Å²) < 4.78 is 2.11. The van der Waals surface area contributed by atoms with Gasteiger partial charge < -0.3 is 0 Å². The lowest BCUT2D eigenvalue weighted by atomic mass is 10.1. The van der Waals surface area contributed by atoms with Gasteiger partial charge >= 0.3 is 0 Å². The molecule has 0 radical (unpaired) electrons. The number of non-ortho nitro benzene ring substituents is 1. The van der Waals surface area contributed by atoms with E-state index in [9.17, 15) is 10.1 Å². The summed E-state index contributed by atoms with van der Waals surface area (Å²) in [5.41, 5.74) is 2.00. The van der Waals surface area contributed by atoms with Crippen LogP contribution in [0.15, 0.2) is 48.7 Å². The lowest BCUT2D eigenvalue weighted by molar-refractivity contribution is -0.695. The zero-order valence-corrected chi connectivity index (χ0v) is 10.7. The number of benzene rings is 1. The van der Waals surface area contributed by atoms with Crippen molar-refractivity contribution in [2.24, 2.45) is 0 Å². The Balaban J connectivity index is 2.27. The summed E-state index contributed by atoms with van der Waals surface area (Å²) in [4.78, 5) is 10.3. The molecule has 4 heteroatoms. The van der Waals surface area contributed by atoms with Gasteiger partial charge in [0.25, 0.3) is 5.69 Å². The molecule has 0 aliphatic heterocycles. The lowest BCUT2D eigenvalue weighted by Crippen LogP contribution is -2.34. The third-order valence-electron chi connectivity index (χ3n) is 2.84. The van der Waals surface area contributed by atoms with Crippen molar-refractivity contribution in [2.75, 3.05) is 0 Å². The van der Waals surface area contributed by atoms with Gasteiger partial charge in [-0.05, 0) is 24.6 Å². The second-order valence-electron chi connectivity index (χ2n) is 4.10. The number of hydrogen-bond acceptors (Lipinski definition) is 2. The van der Waals surface area contributed by atoms with Crippen LogP contribution in [0.4, 0.5) is 5.69 Å². The summed E-state index contributed by atoms with van der Waals surface area (Å²) in [6, 6.07) is 12.6. The molecule has 1 heterocycles. The SMILES string of the molecule is CC[n+]1ccccc1/C=C/c1cccc([N+](=O)[O-])c1. The molecular weight excluding hydrogens is 240 g/mol. The maximum atomic E-state index is 10.7. The molecule has 0 saturated carbocycles. The number of nitro groups is 1. The Hall–Kier alpha value is -2.49. The third-order valence-corrected chi connectivity index (χ3v) is 2.84. The van der Waals surface area contributed by atoms with E-state index in [0.717, 1.165) is 17.8 Å². The summed E-state index contributed by atoms with van der Waals surface area (Å²) in [6.07, 6.45) is 5.85. The Bertz CT molecular complexity index is 621. The van der Waals surface area contributed by atoms with Crippen LogP contribution in [0.2, 0.25) is 0 Å². The molecule has 0 bridgehead atoms. The minimum absolute atomic E-state index is 0.110. The van der Waals surface area contributed by atoms with E-state index >= 15 is 0 Å². The van der Waals surface area contributed by atoms with E-state index in [1.165, 1.54) is 6.07 Å². The Morgan fingerprint density at radius 2 is 2.05 bits per heavy atom. The first kappa shape index (κ1) is 13.0. The first-order chi connectivity index (χ1) is 9.20. The number of aromatic nitrogens is 1. The van der Waals surface area contributed by atoms with Crippen LogP contribution < -0.4 is 4.57 Å². The molecule has 2 aromatic rings. The third kappa shape index (κ3) is 3.25. The second kappa shape index (κ2) is 5.91. The predicted octanol–water partition coefficient (Wildman–Crippen LogP) is 3.07. The van der Waals surface area contributed by atoms with Crippen molar-refractivity contribution in [1.29, 1.82) is 0 Å². The highest BCUT2D eigenvalue weighted by molar-refractivity contribution is 5.68. The van der Waals surface area contributed by atoms with Crippen molar-refractivity contribution in [3.63, 3.8) is 0 Å². The summed E-state index contributed by atoms with van der Waals surface area (Å²) >= 11 is 0. The smallest absolute Gasteiger partial charge is 0.258 e. The standard InChI is InChI=1S/C15H15N2O2/c1-2-16-11-4-3-7-14(16)10-9-13-6-5-8-15(12-13)17(18)19/h3-12H,2H2,1H3/q+1/b10-9+. The van der Waals surface area contributed by atoms with Crippen molar-refractivity contribution >= 4 is 17.8 Å². The van der Waals surface area contributed by atoms with Gasteiger partial charge in [0.15, 0.2) is 6.20 Å². The first-order valence-corrected chi connectivity index (χ1v) is 6.11. The molecule has 1 aromatic heterocycles. The molecule has 0 spiro atoms. The van der Waals surface area contributed by atoms with Crippen LogP contribution in [0.25, 0.3) is 12.2 Å². The highest BCUT2D eigenvalue weighted by atomic mass is 16.6. The van der Waals surface area contributed by atoms with Gasteiger partial charge in [0.2, 0.25) is 5.69 Å². The van der Waals surface area contributed by atoms with Gasteiger partial charge in [-0.3, -0.25) is 10.1 Å². The summed E-state index contributed by atoms with van der Waals surface area (Å²) in [5.74, 6) is 0. The van der Waals surface area contributed by atoms with Crippen LogP contribution in [0.3, 0.4) is 0 Å². The van der Waals surface area contributed by atoms with Crippen LogP contribution in [-0.4, -0.2) is 4.92 Å². The quantitative estimate of drug-likeness (QED) is 0.479. The minimum Gasteiger partial charge on any atom is -0.258 e. The van der Waals surface area contributed by atoms with E-state index in [0.29, 0.717) is 0 Å². The zero-order chi connectivity index (χ0) is 13.7. The van der Waals surface area contributed by atoms with Crippen LogP contribution in [-0.2, 0) is 6.54 Å². The fraction of sp³-hybridized carbons (Fsp3) is 0.133. The van der Waals surface area contributed by atoms with Gasteiger partial charge in [0.05, 0.1) is 4.92 Å². The molecule has 0 unspecified atom stereocenters. The van der Waals surface area contributed by atoms with Crippen molar-refractivity contribution in [3.8, 4) is 0 Å². The van der Waals surface area contributed by atoms with Crippen LogP contribution in [0.1, 0.15) is 18.2 Å².